The summed E-state index contributed by atoms with van der Waals surface area (Å²) in [6.45, 7) is 12.3. The van der Waals surface area contributed by atoms with E-state index in [1.807, 2.05) is 65.6 Å². The Labute approximate surface area is 284 Å². The van der Waals surface area contributed by atoms with Gasteiger partial charge in [0, 0.05) is 47.6 Å². The number of carboxylic acids is 1. The molecule has 3 heterocycles. The van der Waals surface area contributed by atoms with Crippen LogP contribution in [0.15, 0.2) is 57.7 Å². The van der Waals surface area contributed by atoms with Crippen LogP contribution in [0, 0.1) is 0 Å². The molecule has 0 unspecified atom stereocenters. The van der Waals surface area contributed by atoms with E-state index >= 15 is 0 Å². The lowest BCUT2D eigenvalue weighted by atomic mass is 9.93. The summed E-state index contributed by atoms with van der Waals surface area (Å²) in [4.78, 5) is 44.0. The lowest BCUT2D eigenvalue weighted by Crippen LogP contribution is -2.21. The summed E-state index contributed by atoms with van der Waals surface area (Å²) in [5, 5.41) is 25.9. The Balaban J connectivity index is 0.000000872. The third-order valence-electron chi connectivity index (χ3n) is 6.33. The van der Waals surface area contributed by atoms with Crippen molar-refractivity contribution < 1.29 is 46.4 Å². The Morgan fingerprint density at radius 3 is 1.90 bits per heavy atom. The maximum Gasteiger partial charge on any atom is 0.490 e. The number of hydrogen-bond acceptors (Lipinski definition) is 12. The molecular weight excluding hydrogens is 667 g/mol. The molecule has 4 rings (SSSR count). The Kier molecular flexibility index (Phi) is 12.4. The molecule has 5 N–H and O–H groups in total. The van der Waals surface area contributed by atoms with Gasteiger partial charge >= 0.3 is 24.3 Å². The van der Waals surface area contributed by atoms with Crippen LogP contribution >= 0.6 is 0 Å². The van der Waals surface area contributed by atoms with Crippen LogP contribution in [0.5, 0.6) is 0 Å². The van der Waals surface area contributed by atoms with Crippen LogP contribution in [0.2, 0.25) is 0 Å². The van der Waals surface area contributed by atoms with E-state index in [9.17, 15) is 22.8 Å². The molecule has 0 radical (unpaired) electrons. The molecule has 0 spiro atoms. The van der Waals surface area contributed by atoms with Crippen molar-refractivity contribution in [3.63, 3.8) is 0 Å². The van der Waals surface area contributed by atoms with Gasteiger partial charge in [-0.2, -0.15) is 18.2 Å². The number of halogens is 3. The number of carbonyl (C=O) groups excluding carboxylic acids is 2. The summed E-state index contributed by atoms with van der Waals surface area (Å²) in [7, 11) is 1.86. The highest BCUT2D eigenvalue weighted by Crippen LogP contribution is 2.26. The Hall–Kier alpha value is -5.88. The summed E-state index contributed by atoms with van der Waals surface area (Å²) < 4.78 is 47.5. The maximum atomic E-state index is 12.4. The summed E-state index contributed by atoms with van der Waals surface area (Å²) in [5.41, 5.74) is 0.999. The fourth-order valence-corrected chi connectivity index (χ4v) is 3.62. The zero-order chi connectivity index (χ0) is 37.3. The molecule has 50 heavy (non-hydrogen) atoms. The van der Waals surface area contributed by atoms with Crippen LogP contribution < -0.4 is 26.2 Å². The van der Waals surface area contributed by atoms with Crippen molar-refractivity contribution in [2.45, 2.75) is 58.5 Å². The first kappa shape index (κ1) is 38.6. The standard InChI is InChI=1S/C29H37N9O5.C2HF3O2/c1-28(2,3)20-16-22(36-42-20)33-26(39)32-18-8-10-19(11-9-18)38(7)24-12-13-30-25(35-24)31-14-15-41-27(40)34-23-17-21(43-37-23)29(4,5)6;3-2(4,5)1(6)7/h8-13,16-17H,14-15H2,1-7H3,(H,30,31,35)(H,34,37,40)(H2,32,33,36,39);(H,6,7). The number of hydrogen-bond donors (Lipinski definition) is 5. The number of ether oxygens (including phenoxy) is 1. The number of nitrogens with one attached hydrogen (secondary N) is 4. The maximum absolute atomic E-state index is 12.4. The number of nitrogens with zero attached hydrogens (tertiary/aromatic N) is 5. The van der Waals surface area contributed by atoms with Crippen LogP contribution in [-0.4, -0.2) is 69.9 Å². The van der Waals surface area contributed by atoms with Gasteiger partial charge in [0.2, 0.25) is 5.95 Å². The van der Waals surface area contributed by atoms with Gasteiger partial charge in [-0.15, -0.1) is 0 Å². The Morgan fingerprint density at radius 2 is 1.40 bits per heavy atom. The molecule has 0 atom stereocenters. The highest BCUT2D eigenvalue weighted by Gasteiger charge is 2.38. The van der Waals surface area contributed by atoms with E-state index in [0.29, 0.717) is 41.3 Å². The van der Waals surface area contributed by atoms with Crippen molar-refractivity contribution in [1.82, 2.24) is 20.3 Å². The van der Waals surface area contributed by atoms with Crippen molar-refractivity contribution >= 4 is 52.9 Å². The van der Waals surface area contributed by atoms with E-state index in [4.69, 9.17) is 23.7 Å². The number of carboxylic acid groups (broad SMARTS) is 1. The zero-order valence-electron chi connectivity index (χ0n) is 28.3. The van der Waals surface area contributed by atoms with Crippen molar-refractivity contribution in [1.29, 1.82) is 0 Å². The summed E-state index contributed by atoms with van der Waals surface area (Å²) >= 11 is 0. The topological polar surface area (TPSA) is 210 Å². The number of benzene rings is 1. The lowest BCUT2D eigenvalue weighted by molar-refractivity contribution is -0.192. The molecule has 16 nitrogen and oxygen atoms in total. The molecule has 1 aromatic carbocycles. The number of amides is 3. The van der Waals surface area contributed by atoms with Gasteiger partial charge in [-0.3, -0.25) is 10.6 Å². The number of anilines is 6. The van der Waals surface area contributed by atoms with E-state index in [1.165, 1.54) is 0 Å². The fourth-order valence-electron chi connectivity index (χ4n) is 3.62. The van der Waals surface area contributed by atoms with E-state index in [2.05, 4.69) is 41.5 Å². The van der Waals surface area contributed by atoms with Crippen molar-refractivity contribution in [3.8, 4) is 0 Å². The van der Waals surface area contributed by atoms with E-state index < -0.39 is 24.3 Å². The zero-order valence-corrected chi connectivity index (χ0v) is 28.3. The first-order chi connectivity index (χ1) is 23.2. The van der Waals surface area contributed by atoms with Crippen LogP contribution in [0.3, 0.4) is 0 Å². The summed E-state index contributed by atoms with van der Waals surface area (Å²) in [5.74, 6) is 0.201. The number of aromatic nitrogens is 4. The second kappa shape index (κ2) is 16.0. The predicted molar refractivity (Wildman–Crippen MR) is 177 cm³/mol. The minimum absolute atomic E-state index is 0.0791. The minimum atomic E-state index is -5.08. The largest absolute Gasteiger partial charge is 0.490 e. The van der Waals surface area contributed by atoms with Gasteiger partial charge < -0.3 is 34.4 Å². The molecule has 0 saturated carbocycles. The van der Waals surface area contributed by atoms with Gasteiger partial charge in [0.05, 0.1) is 6.54 Å². The first-order valence-corrected chi connectivity index (χ1v) is 14.9. The number of carbonyl (C=O) groups is 3. The summed E-state index contributed by atoms with van der Waals surface area (Å²) in [6, 6.07) is 12.0. The first-order valence-electron chi connectivity index (χ1n) is 14.9. The highest BCUT2D eigenvalue weighted by molar-refractivity contribution is 5.99. The molecule has 0 fully saturated rings. The molecule has 3 amide bonds. The average Bonchev–Trinajstić information content (AvgIpc) is 3.70. The molecule has 0 aliphatic heterocycles. The quantitative estimate of drug-likeness (QED) is 0.114. The highest BCUT2D eigenvalue weighted by atomic mass is 19.4. The van der Waals surface area contributed by atoms with Gasteiger partial charge in [0.25, 0.3) is 0 Å². The van der Waals surface area contributed by atoms with Crippen LogP contribution in [0.1, 0.15) is 53.1 Å². The Morgan fingerprint density at radius 1 is 0.860 bits per heavy atom. The van der Waals surface area contributed by atoms with E-state index in [0.717, 1.165) is 5.69 Å². The summed E-state index contributed by atoms with van der Waals surface area (Å²) in [6.07, 6.45) is -4.10. The molecule has 0 bridgehead atoms. The van der Waals surface area contributed by atoms with Crippen LogP contribution in [-0.2, 0) is 20.4 Å². The van der Waals surface area contributed by atoms with E-state index in [1.54, 1.807) is 36.5 Å². The van der Waals surface area contributed by atoms with Gasteiger partial charge in [0.15, 0.2) is 11.6 Å². The molecule has 270 valence electrons. The number of rotatable bonds is 9. The third-order valence-corrected chi connectivity index (χ3v) is 6.33. The van der Waals surface area contributed by atoms with Gasteiger partial charge in [-0.05, 0) is 30.3 Å². The number of urea groups is 1. The van der Waals surface area contributed by atoms with Crippen LogP contribution in [0.4, 0.5) is 57.5 Å². The van der Waals surface area contributed by atoms with Gasteiger partial charge in [-0.1, -0.05) is 51.9 Å². The second-order valence-electron chi connectivity index (χ2n) is 12.6. The third kappa shape index (κ3) is 12.0. The molecule has 4 aromatic rings. The van der Waals surface area contributed by atoms with Crippen LogP contribution in [0.25, 0.3) is 0 Å². The predicted octanol–water partition coefficient (Wildman–Crippen LogP) is 6.75. The SMILES string of the molecule is CN(c1ccc(NC(=O)Nc2cc(C(C)(C)C)on2)cc1)c1ccnc(NCCOC(=O)Nc2cc(C(C)(C)C)on2)n1.O=C(O)C(F)(F)F. The normalized spacial score (nSPS) is 11.5. The minimum Gasteiger partial charge on any atom is -0.475 e. The molecule has 0 saturated heterocycles. The fraction of sp³-hybridized carbons (Fsp3) is 0.387. The number of alkyl halides is 3. The average molecular weight is 706 g/mol. The molecule has 0 aliphatic rings. The van der Waals surface area contributed by atoms with Gasteiger partial charge in [0.1, 0.15) is 23.9 Å². The smallest absolute Gasteiger partial charge is 0.475 e. The molecule has 0 aliphatic carbocycles. The van der Waals surface area contributed by atoms with Crippen molar-refractivity contribution in [2.24, 2.45) is 0 Å². The van der Waals surface area contributed by atoms with Gasteiger partial charge in [-0.25, -0.2) is 19.4 Å². The van der Waals surface area contributed by atoms with E-state index in [-0.39, 0.29) is 23.3 Å². The Bertz CT molecular complexity index is 1750. The molecule has 19 heteroatoms. The lowest BCUT2D eigenvalue weighted by Gasteiger charge is -2.19. The van der Waals surface area contributed by atoms with Crippen molar-refractivity contribution in [2.75, 3.05) is 46.4 Å². The second-order valence-corrected chi connectivity index (χ2v) is 12.6. The number of aliphatic carboxylic acids is 1. The molecule has 3 aromatic heterocycles. The molecular formula is C31H38F3N9O7. The monoisotopic (exact) mass is 705 g/mol. The van der Waals surface area contributed by atoms with Crippen molar-refractivity contribution in [3.05, 3.63) is 60.2 Å².